The largest absolute Gasteiger partial charge is 0.514 e. The van der Waals surface area contributed by atoms with Crippen LogP contribution in [-0.2, 0) is 10.2 Å². The normalized spacial score (nSPS) is 12.5. The SMILES string of the molecule is CC(OC(=O)Oc1ccc(C(C)(C)C)cc1-n1nc2ccccc2n1)c1ccccc1. The molecular formula is C25H25N3O3. The first-order valence-electron chi connectivity index (χ1n) is 10.2. The van der Waals surface area contributed by atoms with Gasteiger partial charge in [0.05, 0.1) is 0 Å². The maximum atomic E-state index is 12.5. The average Bonchev–Trinajstić information content (AvgIpc) is 3.18. The van der Waals surface area contributed by atoms with Crippen molar-refractivity contribution in [2.45, 2.75) is 39.2 Å². The minimum Gasteiger partial charge on any atom is -0.426 e. The molecule has 158 valence electrons. The van der Waals surface area contributed by atoms with Gasteiger partial charge in [-0.05, 0) is 47.7 Å². The highest BCUT2D eigenvalue weighted by Crippen LogP contribution is 2.31. The molecule has 0 saturated carbocycles. The van der Waals surface area contributed by atoms with Gasteiger partial charge in [-0.2, -0.15) is 0 Å². The number of aromatic nitrogens is 3. The molecule has 0 bridgehead atoms. The first kappa shape index (κ1) is 20.6. The Labute approximate surface area is 181 Å². The molecule has 0 saturated heterocycles. The zero-order chi connectivity index (χ0) is 22.0. The van der Waals surface area contributed by atoms with Crippen LogP contribution in [0.2, 0.25) is 0 Å². The minimum absolute atomic E-state index is 0.0951. The zero-order valence-corrected chi connectivity index (χ0v) is 18.1. The van der Waals surface area contributed by atoms with Gasteiger partial charge < -0.3 is 9.47 Å². The summed E-state index contributed by atoms with van der Waals surface area (Å²) in [7, 11) is 0. The predicted molar refractivity (Wildman–Crippen MR) is 120 cm³/mol. The van der Waals surface area contributed by atoms with E-state index in [1.807, 2.05) is 73.7 Å². The molecule has 0 radical (unpaired) electrons. The Balaban J connectivity index is 1.66. The number of hydrogen-bond donors (Lipinski definition) is 0. The van der Waals surface area contributed by atoms with Gasteiger partial charge in [-0.15, -0.1) is 15.0 Å². The number of fused-ring (bicyclic) bond motifs is 1. The van der Waals surface area contributed by atoms with Gasteiger partial charge in [0.1, 0.15) is 22.8 Å². The van der Waals surface area contributed by atoms with E-state index in [2.05, 4.69) is 31.0 Å². The second-order valence-corrected chi connectivity index (χ2v) is 8.43. The van der Waals surface area contributed by atoms with Crippen molar-refractivity contribution < 1.29 is 14.3 Å². The Morgan fingerprint density at radius 3 is 2.13 bits per heavy atom. The monoisotopic (exact) mass is 415 g/mol. The van der Waals surface area contributed by atoms with Gasteiger partial charge in [0.2, 0.25) is 0 Å². The van der Waals surface area contributed by atoms with E-state index < -0.39 is 12.3 Å². The number of carbonyl (C=O) groups excluding carboxylic acids is 1. The van der Waals surface area contributed by atoms with Crippen LogP contribution in [0.15, 0.2) is 72.8 Å². The fourth-order valence-corrected chi connectivity index (χ4v) is 3.24. The number of ether oxygens (including phenoxy) is 2. The summed E-state index contributed by atoms with van der Waals surface area (Å²) in [4.78, 5) is 14.0. The van der Waals surface area contributed by atoms with Gasteiger partial charge in [0.15, 0.2) is 5.75 Å². The molecule has 3 aromatic carbocycles. The van der Waals surface area contributed by atoms with Crippen LogP contribution in [0.1, 0.15) is 44.9 Å². The molecule has 0 spiro atoms. The minimum atomic E-state index is -0.780. The zero-order valence-electron chi connectivity index (χ0n) is 18.1. The van der Waals surface area contributed by atoms with Gasteiger partial charge in [-0.3, -0.25) is 0 Å². The van der Waals surface area contributed by atoms with Gasteiger partial charge in [-0.25, -0.2) is 4.79 Å². The number of nitrogens with zero attached hydrogens (tertiary/aromatic N) is 3. The highest BCUT2D eigenvalue weighted by molar-refractivity contribution is 5.74. The van der Waals surface area contributed by atoms with Crippen molar-refractivity contribution in [1.82, 2.24) is 15.0 Å². The molecule has 1 atom stereocenters. The molecule has 6 nitrogen and oxygen atoms in total. The summed E-state index contributed by atoms with van der Waals surface area (Å²) in [6.07, 6.45) is -1.21. The smallest absolute Gasteiger partial charge is 0.426 e. The summed E-state index contributed by atoms with van der Waals surface area (Å²) < 4.78 is 11.1. The fourth-order valence-electron chi connectivity index (χ4n) is 3.24. The summed E-state index contributed by atoms with van der Waals surface area (Å²) in [6.45, 7) is 8.17. The van der Waals surface area contributed by atoms with Crippen molar-refractivity contribution in [2.24, 2.45) is 0 Å². The Hall–Kier alpha value is -3.67. The van der Waals surface area contributed by atoms with Crippen LogP contribution >= 0.6 is 0 Å². The van der Waals surface area contributed by atoms with E-state index in [1.165, 1.54) is 4.80 Å². The standard InChI is InChI=1S/C25H25N3O3/c1-17(18-10-6-5-7-11-18)30-24(29)31-23-15-14-19(25(2,3)4)16-22(23)28-26-20-12-8-9-13-21(20)27-28/h5-17H,1-4H3. The molecule has 0 fully saturated rings. The number of hydrogen-bond acceptors (Lipinski definition) is 5. The molecule has 1 unspecified atom stereocenters. The van der Waals surface area contributed by atoms with Gasteiger partial charge in [0, 0.05) is 0 Å². The molecule has 6 heteroatoms. The highest BCUT2D eigenvalue weighted by atomic mass is 16.7. The van der Waals surface area contributed by atoms with Crippen LogP contribution in [0.4, 0.5) is 4.79 Å². The van der Waals surface area contributed by atoms with Gasteiger partial charge in [0.25, 0.3) is 0 Å². The lowest BCUT2D eigenvalue weighted by atomic mass is 9.87. The quantitative estimate of drug-likeness (QED) is 0.302. The Kier molecular flexibility index (Phi) is 5.46. The number of benzene rings is 3. The predicted octanol–water partition coefficient (Wildman–Crippen LogP) is 5.99. The molecule has 0 N–H and O–H groups in total. The lowest BCUT2D eigenvalue weighted by Gasteiger charge is -2.21. The molecule has 0 amide bonds. The molecule has 0 aliphatic carbocycles. The van der Waals surface area contributed by atoms with Crippen LogP contribution in [0, 0.1) is 0 Å². The second kappa shape index (κ2) is 8.22. The first-order valence-corrected chi connectivity index (χ1v) is 10.2. The van der Waals surface area contributed by atoms with E-state index in [1.54, 1.807) is 6.07 Å². The van der Waals surface area contributed by atoms with Crippen molar-refractivity contribution in [3.63, 3.8) is 0 Å². The van der Waals surface area contributed by atoms with Crippen LogP contribution in [0.5, 0.6) is 5.75 Å². The molecule has 31 heavy (non-hydrogen) atoms. The second-order valence-electron chi connectivity index (χ2n) is 8.43. The molecule has 1 aromatic heterocycles. The summed E-state index contributed by atoms with van der Waals surface area (Å²) in [6, 6.07) is 22.8. The van der Waals surface area contributed by atoms with E-state index in [0.717, 1.165) is 22.2 Å². The molecule has 4 aromatic rings. The fraction of sp³-hybridized carbons (Fsp3) is 0.240. The lowest BCUT2D eigenvalue weighted by molar-refractivity contribution is 0.0654. The first-order chi connectivity index (χ1) is 14.8. The van der Waals surface area contributed by atoms with Gasteiger partial charge >= 0.3 is 6.16 Å². The number of rotatable bonds is 4. The molecule has 0 aliphatic rings. The maximum absolute atomic E-state index is 12.5. The summed E-state index contributed by atoms with van der Waals surface area (Å²) in [5.41, 5.74) is 3.96. The average molecular weight is 415 g/mol. The van der Waals surface area contributed by atoms with E-state index in [4.69, 9.17) is 9.47 Å². The highest BCUT2D eigenvalue weighted by Gasteiger charge is 2.21. The Morgan fingerprint density at radius 1 is 0.903 bits per heavy atom. The van der Waals surface area contributed by atoms with Crippen LogP contribution in [-0.4, -0.2) is 21.1 Å². The summed E-state index contributed by atoms with van der Waals surface area (Å²) in [5, 5.41) is 9.11. The Morgan fingerprint density at radius 2 is 1.52 bits per heavy atom. The van der Waals surface area contributed by atoms with Crippen molar-refractivity contribution >= 4 is 17.2 Å². The molecule has 1 heterocycles. The van der Waals surface area contributed by atoms with Gasteiger partial charge in [-0.1, -0.05) is 69.3 Å². The van der Waals surface area contributed by atoms with E-state index in [9.17, 15) is 4.79 Å². The summed E-state index contributed by atoms with van der Waals surface area (Å²) >= 11 is 0. The lowest BCUT2D eigenvalue weighted by Crippen LogP contribution is -2.17. The van der Waals surface area contributed by atoms with E-state index in [-0.39, 0.29) is 5.41 Å². The topological polar surface area (TPSA) is 66.2 Å². The third-order valence-corrected chi connectivity index (χ3v) is 5.06. The van der Waals surface area contributed by atoms with E-state index >= 15 is 0 Å². The van der Waals surface area contributed by atoms with Crippen molar-refractivity contribution in [2.75, 3.05) is 0 Å². The van der Waals surface area contributed by atoms with E-state index in [0.29, 0.717) is 11.4 Å². The van der Waals surface area contributed by atoms with Crippen molar-refractivity contribution in [3.8, 4) is 11.4 Å². The molecule has 4 rings (SSSR count). The van der Waals surface area contributed by atoms with Crippen LogP contribution in [0.3, 0.4) is 0 Å². The van der Waals surface area contributed by atoms with Crippen LogP contribution < -0.4 is 4.74 Å². The molecular weight excluding hydrogens is 390 g/mol. The third kappa shape index (κ3) is 4.58. The maximum Gasteiger partial charge on any atom is 0.514 e. The van der Waals surface area contributed by atoms with Crippen LogP contribution in [0.25, 0.3) is 16.7 Å². The molecule has 0 aliphatic heterocycles. The number of carbonyl (C=O) groups is 1. The Bertz CT molecular complexity index is 1180. The third-order valence-electron chi connectivity index (χ3n) is 5.06. The van der Waals surface area contributed by atoms with Crippen molar-refractivity contribution in [3.05, 3.63) is 83.9 Å². The van der Waals surface area contributed by atoms with Crippen molar-refractivity contribution in [1.29, 1.82) is 0 Å². The summed E-state index contributed by atoms with van der Waals surface area (Å²) in [5.74, 6) is 0.332.